The molecule has 8 heteroatoms. The van der Waals surface area contributed by atoms with Crippen molar-refractivity contribution < 1.29 is 40.1 Å². The van der Waals surface area contributed by atoms with Crippen molar-refractivity contribution in [2.24, 2.45) is 86.8 Å². The number of hydrogen-bond donors (Lipinski definition) is 6. The van der Waals surface area contributed by atoms with Gasteiger partial charge >= 0.3 is 0 Å². The van der Waals surface area contributed by atoms with Crippen LogP contribution in [0, 0.1) is 86.8 Å². The van der Waals surface area contributed by atoms with Crippen LogP contribution in [0.1, 0.15) is 179 Å². The highest BCUT2D eigenvalue weighted by atomic mass is 16.6. The number of ether oxygens (including phenoxy) is 2. The van der Waals surface area contributed by atoms with Crippen molar-refractivity contribution in [3.63, 3.8) is 0 Å². The number of fused-ring (bicyclic) bond motifs is 10. The van der Waals surface area contributed by atoms with Crippen LogP contribution < -0.4 is 0 Å². The van der Waals surface area contributed by atoms with Gasteiger partial charge in [0.25, 0.3) is 0 Å². The lowest BCUT2D eigenvalue weighted by Gasteiger charge is -2.59. The third-order valence-corrected chi connectivity index (χ3v) is 23.5. The average molecular weight is 891 g/mol. The molecule has 4 saturated carbocycles. The van der Waals surface area contributed by atoms with E-state index in [2.05, 4.69) is 62.3 Å². The van der Waals surface area contributed by atoms with E-state index in [1.807, 2.05) is 13.8 Å². The highest BCUT2D eigenvalue weighted by Crippen LogP contribution is 2.69. The Morgan fingerprint density at radius 3 is 1.62 bits per heavy atom. The largest absolute Gasteiger partial charge is 0.392 e. The summed E-state index contributed by atoms with van der Waals surface area (Å²) >= 11 is 0. The predicted octanol–water partition coefficient (Wildman–Crippen LogP) is 9.31. The standard InChI is InChI=1S/C56H90O8/c1-28(35-13-15-37-33-23-41(57)47-30(3)49(61)43(59)26-54(47,9)39(33)18-20-52(35,37)7)12-17-46-56(11)25-32(51(5,6)64-56)22-45(63-46)29(2)36-14-16-38-34-24-42(58)48-31(4)50(62)44(60)27-55(48,10)40(34)19-21-53(36,38)8/h28-32,35-38,41-50,57-62H,12-27H2,1-11H3/t28-,29+,30-,31-,32+,35-,36-,37+,38+,41+,42+,43+,44+,45-,46+,47-,48-,49-,50-,52-,53-,54-,55-,56+/m1/s1. The Bertz CT molecular complexity index is 1890. The first-order valence-corrected chi connectivity index (χ1v) is 26.8. The fraction of sp³-hybridized carbons (Fsp3) is 0.929. The molecule has 10 rings (SSSR count). The smallest absolute Gasteiger partial charge is 0.0926 e. The van der Waals surface area contributed by atoms with Crippen LogP contribution in [0.5, 0.6) is 0 Å². The number of aliphatic hydroxyl groups excluding tert-OH is 6. The Morgan fingerprint density at radius 2 is 1.11 bits per heavy atom. The van der Waals surface area contributed by atoms with Crippen LogP contribution in [-0.2, 0) is 9.47 Å². The summed E-state index contributed by atoms with van der Waals surface area (Å²) < 4.78 is 14.7. The molecule has 2 aliphatic heterocycles. The summed E-state index contributed by atoms with van der Waals surface area (Å²) in [6.07, 6.45) is 12.1. The van der Waals surface area contributed by atoms with Gasteiger partial charge in [-0.1, -0.05) is 77.7 Å². The molecule has 0 unspecified atom stereocenters. The highest BCUT2D eigenvalue weighted by Gasteiger charge is 2.64. The van der Waals surface area contributed by atoms with Crippen molar-refractivity contribution in [2.45, 2.75) is 239 Å². The van der Waals surface area contributed by atoms with E-state index in [4.69, 9.17) is 9.47 Å². The molecule has 0 amide bonds. The van der Waals surface area contributed by atoms with Crippen LogP contribution >= 0.6 is 0 Å². The van der Waals surface area contributed by atoms with Gasteiger partial charge in [0.05, 0.1) is 60.0 Å². The molecule has 24 atom stereocenters. The normalized spacial score (nSPS) is 56.3. The van der Waals surface area contributed by atoms with Gasteiger partial charge in [-0.3, -0.25) is 0 Å². The Morgan fingerprint density at radius 1 is 0.625 bits per heavy atom. The summed E-state index contributed by atoms with van der Waals surface area (Å²) in [6, 6.07) is 0. The van der Waals surface area contributed by atoms with Gasteiger partial charge in [0, 0.05) is 0 Å². The van der Waals surface area contributed by atoms with Gasteiger partial charge in [0.1, 0.15) is 0 Å². The summed E-state index contributed by atoms with van der Waals surface area (Å²) in [5, 5.41) is 67.4. The highest BCUT2D eigenvalue weighted by molar-refractivity contribution is 5.38. The monoisotopic (exact) mass is 891 g/mol. The maximum absolute atomic E-state index is 11.8. The van der Waals surface area contributed by atoms with Gasteiger partial charge in [-0.15, -0.1) is 0 Å². The van der Waals surface area contributed by atoms with Gasteiger partial charge in [-0.2, -0.15) is 0 Å². The van der Waals surface area contributed by atoms with Crippen LogP contribution in [0.25, 0.3) is 0 Å². The minimum absolute atomic E-state index is 0.0128. The number of allylic oxidation sites excluding steroid dienone is 2. The molecule has 8 nitrogen and oxygen atoms in total. The van der Waals surface area contributed by atoms with Crippen molar-refractivity contribution in [1.29, 1.82) is 0 Å². The third-order valence-electron chi connectivity index (χ3n) is 23.5. The van der Waals surface area contributed by atoms with Gasteiger partial charge in [0.15, 0.2) is 0 Å². The Kier molecular flexibility index (Phi) is 11.4. The topological polar surface area (TPSA) is 140 Å². The van der Waals surface area contributed by atoms with E-state index in [1.54, 1.807) is 0 Å². The zero-order chi connectivity index (χ0) is 46.0. The van der Waals surface area contributed by atoms with Gasteiger partial charge in [-0.25, -0.2) is 0 Å². The summed E-state index contributed by atoms with van der Waals surface area (Å²) in [5.74, 6) is 3.16. The number of aliphatic hydroxyl groups is 6. The quantitative estimate of drug-likeness (QED) is 0.145. The lowest BCUT2D eigenvalue weighted by atomic mass is 9.47. The summed E-state index contributed by atoms with van der Waals surface area (Å²) in [6.45, 7) is 25.8. The Hall–Kier alpha value is -0.840. The second-order valence-electron chi connectivity index (χ2n) is 26.9. The predicted molar refractivity (Wildman–Crippen MR) is 250 cm³/mol. The zero-order valence-corrected chi connectivity index (χ0v) is 41.8. The second-order valence-corrected chi connectivity index (χ2v) is 26.9. The first-order chi connectivity index (χ1) is 29.9. The van der Waals surface area contributed by atoms with E-state index in [1.165, 1.54) is 41.6 Å². The van der Waals surface area contributed by atoms with Crippen LogP contribution in [0.15, 0.2) is 22.3 Å². The number of hydrogen-bond acceptors (Lipinski definition) is 8. The molecular formula is C56H90O8. The number of rotatable bonds is 6. The molecule has 2 heterocycles. The molecule has 0 radical (unpaired) electrons. The molecule has 0 aromatic rings. The Balaban J connectivity index is 0.861. The maximum atomic E-state index is 11.8. The fourth-order valence-corrected chi connectivity index (χ4v) is 20.4. The summed E-state index contributed by atoms with van der Waals surface area (Å²) in [5.41, 5.74) is 5.29. The van der Waals surface area contributed by atoms with Crippen molar-refractivity contribution in [2.75, 3.05) is 0 Å². The molecule has 2 saturated heterocycles. The molecule has 0 aromatic carbocycles. The molecule has 0 spiro atoms. The van der Waals surface area contributed by atoms with E-state index in [-0.39, 0.29) is 68.7 Å². The van der Waals surface area contributed by atoms with E-state index in [9.17, 15) is 30.6 Å². The minimum atomic E-state index is -0.777. The van der Waals surface area contributed by atoms with Crippen LogP contribution in [0.3, 0.4) is 0 Å². The van der Waals surface area contributed by atoms with Crippen molar-refractivity contribution in [1.82, 2.24) is 0 Å². The first kappa shape index (κ1) is 46.9. The van der Waals surface area contributed by atoms with Crippen molar-refractivity contribution in [3.8, 4) is 0 Å². The molecule has 6 fully saturated rings. The Labute approximate surface area is 386 Å². The maximum Gasteiger partial charge on any atom is 0.0926 e. The summed E-state index contributed by atoms with van der Waals surface area (Å²) in [4.78, 5) is 0. The van der Waals surface area contributed by atoms with E-state index in [0.29, 0.717) is 60.7 Å². The van der Waals surface area contributed by atoms with Crippen LogP contribution in [0.4, 0.5) is 0 Å². The van der Waals surface area contributed by atoms with Crippen LogP contribution in [0.2, 0.25) is 0 Å². The first-order valence-electron chi connectivity index (χ1n) is 26.8. The molecule has 6 N–H and O–H groups in total. The molecule has 10 aliphatic rings. The van der Waals surface area contributed by atoms with Crippen molar-refractivity contribution in [3.05, 3.63) is 22.3 Å². The molecule has 0 aromatic heterocycles. The van der Waals surface area contributed by atoms with Crippen LogP contribution in [-0.4, -0.2) is 90.7 Å². The third kappa shape index (κ3) is 6.60. The van der Waals surface area contributed by atoms with Gasteiger partial charge < -0.3 is 40.1 Å². The molecule has 8 aliphatic carbocycles. The van der Waals surface area contributed by atoms with E-state index < -0.39 is 36.6 Å². The van der Waals surface area contributed by atoms with Gasteiger partial charge in [-0.05, 0) is 210 Å². The molecule has 362 valence electrons. The summed E-state index contributed by atoms with van der Waals surface area (Å²) in [7, 11) is 0. The van der Waals surface area contributed by atoms with E-state index >= 15 is 0 Å². The molecule has 64 heavy (non-hydrogen) atoms. The van der Waals surface area contributed by atoms with Crippen molar-refractivity contribution >= 4 is 0 Å². The lowest BCUT2D eigenvalue weighted by Crippen LogP contribution is -2.58. The average Bonchev–Trinajstić information content (AvgIpc) is 3.79. The zero-order valence-electron chi connectivity index (χ0n) is 41.8. The molecular weight excluding hydrogens is 801 g/mol. The lowest BCUT2D eigenvalue weighted by molar-refractivity contribution is -0.200. The molecule has 2 bridgehead atoms. The fourth-order valence-electron chi connectivity index (χ4n) is 20.4. The SMILES string of the molecule is C[C@H]1[C@@H](O)[C@@H](O)C[C@]2(C)C3=C(C[C@H](O)[C@@H]12)[C@@H]1CC[C@H]([C@H](C)[C@H]2C[C@H]4C[C@](C)(OC4(C)C)[C@H](CC[C@@H](C)[C@H]4CC[C@H]5C6=C(CC[C@]45C)[C@@]4(C)C[C@H](O)[C@H](O)[C@H](C)[C@@H]4[C@@H](O)C6)O2)[C@@]1(C)CC3. The van der Waals surface area contributed by atoms with Gasteiger partial charge in [0.2, 0.25) is 0 Å². The van der Waals surface area contributed by atoms with E-state index in [0.717, 1.165) is 64.2 Å². The minimum Gasteiger partial charge on any atom is -0.392 e. The second kappa shape index (κ2) is 15.6.